The zero-order valence-electron chi connectivity index (χ0n) is 17.7. The quantitative estimate of drug-likeness (QED) is 0.575. The summed E-state index contributed by atoms with van der Waals surface area (Å²) in [6.07, 6.45) is 6.05. The Balaban J connectivity index is 1.28. The first-order valence-electron chi connectivity index (χ1n) is 10.3. The molecule has 0 spiro atoms. The molecule has 0 radical (unpaired) electrons. The average molecular weight is 411 g/mol. The van der Waals surface area contributed by atoms with Crippen LogP contribution in [-0.2, 0) is 11.2 Å². The lowest BCUT2D eigenvalue weighted by molar-refractivity contribution is -0.120. The Kier molecular flexibility index (Phi) is 8.15. The van der Waals surface area contributed by atoms with Gasteiger partial charge in [0.15, 0.2) is 11.5 Å². The number of likely N-dealkylation sites (N-methyl/N-ethyl adjacent to an activating group) is 1. The molecule has 2 aromatic rings. The SMILES string of the molecule is COc1cccc(CCN(C)CCCNC(=O)C/C=C/c2ccc3c(c2)OCO3)c1. The lowest BCUT2D eigenvalue weighted by Gasteiger charge is -2.16. The first-order chi connectivity index (χ1) is 14.6. The van der Waals surface area contributed by atoms with Gasteiger partial charge >= 0.3 is 0 Å². The van der Waals surface area contributed by atoms with Crippen LogP contribution in [0.15, 0.2) is 48.5 Å². The predicted molar refractivity (Wildman–Crippen MR) is 118 cm³/mol. The van der Waals surface area contributed by atoms with E-state index < -0.39 is 0 Å². The Morgan fingerprint density at radius 1 is 1.17 bits per heavy atom. The van der Waals surface area contributed by atoms with Gasteiger partial charge in [0.1, 0.15) is 5.75 Å². The van der Waals surface area contributed by atoms with Crippen LogP contribution >= 0.6 is 0 Å². The second kappa shape index (κ2) is 11.3. The highest BCUT2D eigenvalue weighted by Crippen LogP contribution is 2.32. The van der Waals surface area contributed by atoms with Crippen LogP contribution in [0.5, 0.6) is 17.2 Å². The van der Waals surface area contributed by atoms with Crippen molar-refractivity contribution in [3.05, 3.63) is 59.7 Å². The third-order valence-corrected chi connectivity index (χ3v) is 4.97. The van der Waals surface area contributed by atoms with Crippen molar-refractivity contribution >= 4 is 12.0 Å². The van der Waals surface area contributed by atoms with E-state index in [9.17, 15) is 4.79 Å². The van der Waals surface area contributed by atoms with E-state index in [1.54, 1.807) is 7.11 Å². The molecule has 6 nitrogen and oxygen atoms in total. The maximum atomic E-state index is 12.0. The Bertz CT molecular complexity index is 866. The van der Waals surface area contributed by atoms with Crippen molar-refractivity contribution in [1.29, 1.82) is 0 Å². The number of carbonyl (C=O) groups is 1. The number of hydrogen-bond acceptors (Lipinski definition) is 5. The summed E-state index contributed by atoms with van der Waals surface area (Å²) < 4.78 is 15.9. The Morgan fingerprint density at radius 3 is 2.90 bits per heavy atom. The van der Waals surface area contributed by atoms with Gasteiger partial charge in [-0.05, 0) is 61.8 Å². The molecule has 30 heavy (non-hydrogen) atoms. The molecular weight excluding hydrogens is 380 g/mol. The van der Waals surface area contributed by atoms with Gasteiger partial charge in [-0.1, -0.05) is 30.4 Å². The van der Waals surface area contributed by atoms with Crippen LogP contribution in [0.2, 0.25) is 0 Å². The Labute approximate surface area is 178 Å². The molecule has 0 bridgehead atoms. The topological polar surface area (TPSA) is 60.0 Å². The fourth-order valence-electron chi connectivity index (χ4n) is 3.23. The lowest BCUT2D eigenvalue weighted by atomic mass is 10.1. The van der Waals surface area contributed by atoms with Crippen LogP contribution < -0.4 is 19.5 Å². The van der Waals surface area contributed by atoms with Crippen LogP contribution in [0.1, 0.15) is 24.0 Å². The molecule has 0 unspecified atom stereocenters. The van der Waals surface area contributed by atoms with Gasteiger partial charge in [-0.25, -0.2) is 0 Å². The molecule has 3 rings (SSSR count). The summed E-state index contributed by atoms with van der Waals surface area (Å²) in [5.41, 5.74) is 2.26. The van der Waals surface area contributed by atoms with E-state index in [4.69, 9.17) is 14.2 Å². The number of benzene rings is 2. The number of hydrogen-bond donors (Lipinski definition) is 1. The third-order valence-electron chi connectivity index (χ3n) is 4.97. The van der Waals surface area contributed by atoms with Gasteiger partial charge < -0.3 is 24.4 Å². The molecule has 1 aliphatic rings. The minimum absolute atomic E-state index is 0.0334. The number of nitrogens with zero attached hydrogens (tertiary/aromatic N) is 1. The molecule has 0 saturated heterocycles. The largest absolute Gasteiger partial charge is 0.497 e. The molecule has 1 amide bonds. The van der Waals surface area contributed by atoms with Gasteiger partial charge in [0.05, 0.1) is 7.11 Å². The minimum atomic E-state index is 0.0334. The molecule has 6 heteroatoms. The molecule has 160 valence electrons. The van der Waals surface area contributed by atoms with Gasteiger partial charge in [0.25, 0.3) is 0 Å². The van der Waals surface area contributed by atoms with Gasteiger partial charge in [0, 0.05) is 19.5 Å². The van der Waals surface area contributed by atoms with Crippen molar-refractivity contribution in [3.63, 3.8) is 0 Å². The summed E-state index contributed by atoms with van der Waals surface area (Å²) in [5.74, 6) is 2.44. The van der Waals surface area contributed by atoms with Crippen LogP contribution in [0.3, 0.4) is 0 Å². The zero-order chi connectivity index (χ0) is 21.2. The summed E-state index contributed by atoms with van der Waals surface area (Å²) in [4.78, 5) is 14.3. The van der Waals surface area contributed by atoms with E-state index in [1.807, 2.05) is 42.5 Å². The summed E-state index contributed by atoms with van der Waals surface area (Å²) in [6, 6.07) is 13.9. The van der Waals surface area contributed by atoms with E-state index in [-0.39, 0.29) is 12.7 Å². The van der Waals surface area contributed by atoms with Crippen LogP contribution in [0.25, 0.3) is 6.08 Å². The fourth-order valence-corrected chi connectivity index (χ4v) is 3.23. The second-order valence-electron chi connectivity index (χ2n) is 7.33. The summed E-state index contributed by atoms with van der Waals surface area (Å²) in [6.45, 7) is 2.86. The van der Waals surface area contributed by atoms with Crippen molar-refractivity contribution in [2.75, 3.05) is 40.6 Å². The van der Waals surface area contributed by atoms with E-state index in [1.165, 1.54) is 5.56 Å². The first-order valence-corrected chi connectivity index (χ1v) is 10.3. The van der Waals surface area contributed by atoms with Gasteiger partial charge in [-0.2, -0.15) is 0 Å². The minimum Gasteiger partial charge on any atom is -0.497 e. The van der Waals surface area contributed by atoms with E-state index in [0.717, 1.165) is 48.7 Å². The normalized spacial score (nSPS) is 12.5. The average Bonchev–Trinajstić information content (AvgIpc) is 3.23. The number of nitrogens with one attached hydrogen (secondary N) is 1. The Hall–Kier alpha value is -2.99. The molecule has 0 fully saturated rings. The highest BCUT2D eigenvalue weighted by molar-refractivity contribution is 5.78. The predicted octanol–water partition coefficient (Wildman–Crippen LogP) is 3.51. The van der Waals surface area contributed by atoms with Gasteiger partial charge in [-0.3, -0.25) is 4.79 Å². The third kappa shape index (κ3) is 6.81. The Morgan fingerprint density at radius 2 is 2.03 bits per heavy atom. The number of fused-ring (bicyclic) bond motifs is 1. The van der Waals surface area contributed by atoms with Crippen molar-refractivity contribution in [3.8, 4) is 17.2 Å². The molecule has 0 saturated carbocycles. The van der Waals surface area contributed by atoms with Gasteiger partial charge in [-0.15, -0.1) is 0 Å². The fraction of sp³-hybridized carbons (Fsp3) is 0.375. The summed E-state index contributed by atoms with van der Waals surface area (Å²) in [5, 5.41) is 2.98. The van der Waals surface area contributed by atoms with Crippen molar-refractivity contribution in [2.24, 2.45) is 0 Å². The van der Waals surface area contributed by atoms with Crippen molar-refractivity contribution in [2.45, 2.75) is 19.3 Å². The molecule has 1 aliphatic heterocycles. The summed E-state index contributed by atoms with van der Waals surface area (Å²) in [7, 11) is 3.79. The number of carbonyl (C=O) groups excluding carboxylic acids is 1. The molecule has 2 aromatic carbocycles. The molecule has 1 N–H and O–H groups in total. The van der Waals surface area contributed by atoms with Crippen LogP contribution in [-0.4, -0.2) is 51.4 Å². The van der Waals surface area contributed by atoms with E-state index in [0.29, 0.717) is 13.0 Å². The van der Waals surface area contributed by atoms with Crippen molar-refractivity contribution in [1.82, 2.24) is 10.2 Å². The van der Waals surface area contributed by atoms with Crippen molar-refractivity contribution < 1.29 is 19.0 Å². The molecule has 0 atom stereocenters. The first kappa shape index (κ1) is 21.7. The van der Waals surface area contributed by atoms with E-state index >= 15 is 0 Å². The molecule has 0 aromatic heterocycles. The second-order valence-corrected chi connectivity index (χ2v) is 7.33. The molecule has 1 heterocycles. The van der Waals surface area contributed by atoms with E-state index in [2.05, 4.69) is 29.4 Å². The highest BCUT2D eigenvalue weighted by Gasteiger charge is 2.12. The van der Waals surface area contributed by atoms with Gasteiger partial charge in [0.2, 0.25) is 12.7 Å². The number of methoxy groups -OCH3 is 1. The van der Waals surface area contributed by atoms with Crippen LogP contribution in [0.4, 0.5) is 0 Å². The van der Waals surface area contributed by atoms with Crippen LogP contribution in [0, 0.1) is 0 Å². The number of ether oxygens (including phenoxy) is 3. The maximum Gasteiger partial charge on any atom is 0.231 e. The summed E-state index contributed by atoms with van der Waals surface area (Å²) >= 11 is 0. The lowest BCUT2D eigenvalue weighted by Crippen LogP contribution is -2.28. The monoisotopic (exact) mass is 410 g/mol. The highest BCUT2D eigenvalue weighted by atomic mass is 16.7. The standard InChI is InChI=1S/C24H30N2O4/c1-26(15-12-20-6-3-8-21(16-20)28-2)14-5-13-25-24(27)9-4-7-19-10-11-22-23(17-19)30-18-29-22/h3-4,6-8,10-11,16-17H,5,9,12-15,18H2,1-2H3,(H,25,27)/b7-4+. The number of amides is 1. The number of rotatable bonds is 11. The maximum absolute atomic E-state index is 12.0. The molecule has 0 aliphatic carbocycles. The molecular formula is C24H30N2O4. The smallest absolute Gasteiger partial charge is 0.231 e. The zero-order valence-corrected chi connectivity index (χ0v) is 17.7.